The summed E-state index contributed by atoms with van der Waals surface area (Å²) in [7, 11) is 1.69. The van der Waals surface area contributed by atoms with Gasteiger partial charge in [-0.1, -0.05) is 66.7 Å². The molecule has 1 aliphatic rings. The zero-order valence-corrected chi connectivity index (χ0v) is 18.0. The molecule has 1 fully saturated rings. The molecule has 1 amide bonds. The number of carbonyl (C=O) groups is 1. The average Bonchev–Trinajstić information content (AvgIpc) is 2.84. The number of nitrogens with one attached hydrogen (secondary N) is 2. The van der Waals surface area contributed by atoms with Crippen molar-refractivity contribution in [2.45, 2.75) is 6.04 Å². The maximum Gasteiger partial charge on any atom is 0.275 e. The minimum Gasteiger partial charge on any atom is -0.497 e. The molecule has 3 aromatic rings. The fraction of sp³-hybridized carbons (Fsp3) is 0.269. The van der Waals surface area contributed by atoms with Crippen LogP contribution in [0.15, 0.2) is 84.9 Å². The molecule has 0 spiro atoms. The number of hydrogen-bond donors (Lipinski definition) is 2. The Kier molecular flexibility index (Phi) is 6.85. The van der Waals surface area contributed by atoms with E-state index < -0.39 is 0 Å². The Hall–Kier alpha value is -3.31. The molecule has 5 heteroatoms. The first-order valence-electron chi connectivity index (χ1n) is 10.8. The molecule has 2 N–H and O–H groups in total. The van der Waals surface area contributed by atoms with E-state index >= 15 is 0 Å². The van der Waals surface area contributed by atoms with Gasteiger partial charge in [-0.2, -0.15) is 0 Å². The molecule has 0 saturated carbocycles. The normalized spacial score (nSPS) is 14.5. The van der Waals surface area contributed by atoms with Crippen molar-refractivity contribution in [3.8, 4) is 5.75 Å². The van der Waals surface area contributed by atoms with E-state index in [9.17, 15) is 4.79 Å². The summed E-state index contributed by atoms with van der Waals surface area (Å²) in [6.45, 7) is 4.22. The summed E-state index contributed by atoms with van der Waals surface area (Å²) in [5, 5.41) is 3.26. The number of quaternary nitrogens is 1. The number of ether oxygens (including phenoxy) is 1. The van der Waals surface area contributed by atoms with E-state index in [4.69, 9.17) is 4.74 Å². The molecule has 1 heterocycles. The minimum atomic E-state index is -0.132. The van der Waals surface area contributed by atoms with Crippen LogP contribution in [0.4, 0.5) is 5.69 Å². The highest BCUT2D eigenvalue weighted by molar-refractivity contribution is 5.78. The molecule has 0 aliphatic carbocycles. The SMILES string of the molecule is COc1cccc(N2CC[NH+](CC(=O)NC(c3ccccc3)c3ccccc3)CC2)c1. The number of piperazine rings is 1. The van der Waals surface area contributed by atoms with Crippen LogP contribution in [0.25, 0.3) is 0 Å². The maximum atomic E-state index is 12.9. The Labute approximate surface area is 184 Å². The van der Waals surface area contributed by atoms with Gasteiger partial charge in [-0.3, -0.25) is 4.79 Å². The van der Waals surface area contributed by atoms with Crippen molar-refractivity contribution in [3.63, 3.8) is 0 Å². The summed E-state index contributed by atoms with van der Waals surface area (Å²) in [4.78, 5) is 16.6. The summed E-state index contributed by atoms with van der Waals surface area (Å²) >= 11 is 0. The lowest BCUT2D eigenvalue weighted by Crippen LogP contribution is -3.16. The topological polar surface area (TPSA) is 46.0 Å². The van der Waals surface area contributed by atoms with E-state index in [2.05, 4.69) is 46.6 Å². The van der Waals surface area contributed by atoms with Crippen LogP contribution in [0.1, 0.15) is 17.2 Å². The predicted octanol–water partition coefficient (Wildman–Crippen LogP) is 2.31. The van der Waals surface area contributed by atoms with Crippen LogP contribution < -0.4 is 19.9 Å². The van der Waals surface area contributed by atoms with Gasteiger partial charge in [0.05, 0.1) is 39.3 Å². The van der Waals surface area contributed by atoms with Gasteiger partial charge < -0.3 is 19.9 Å². The van der Waals surface area contributed by atoms with Crippen LogP contribution >= 0.6 is 0 Å². The predicted molar refractivity (Wildman–Crippen MR) is 124 cm³/mol. The Morgan fingerprint density at radius 2 is 1.55 bits per heavy atom. The van der Waals surface area contributed by atoms with Crippen molar-refractivity contribution in [1.82, 2.24) is 5.32 Å². The number of anilines is 1. The molecule has 160 valence electrons. The Morgan fingerprint density at radius 3 is 2.13 bits per heavy atom. The summed E-state index contributed by atoms with van der Waals surface area (Å²) < 4.78 is 5.34. The smallest absolute Gasteiger partial charge is 0.275 e. The van der Waals surface area contributed by atoms with Crippen molar-refractivity contribution in [3.05, 3.63) is 96.1 Å². The van der Waals surface area contributed by atoms with E-state index in [0.717, 1.165) is 43.1 Å². The molecular weight excluding hydrogens is 386 g/mol. The second-order valence-electron chi connectivity index (χ2n) is 7.94. The van der Waals surface area contributed by atoms with Gasteiger partial charge in [0.1, 0.15) is 5.75 Å². The van der Waals surface area contributed by atoms with Crippen LogP contribution in [-0.4, -0.2) is 45.7 Å². The van der Waals surface area contributed by atoms with Gasteiger partial charge in [0, 0.05) is 11.8 Å². The van der Waals surface area contributed by atoms with Crippen LogP contribution in [0.5, 0.6) is 5.75 Å². The number of carbonyl (C=O) groups excluding carboxylic acids is 1. The number of rotatable bonds is 7. The second kappa shape index (κ2) is 10.1. The first kappa shape index (κ1) is 20.9. The maximum absolute atomic E-state index is 12.9. The monoisotopic (exact) mass is 416 g/mol. The molecule has 3 aromatic carbocycles. The van der Waals surface area contributed by atoms with E-state index in [1.807, 2.05) is 48.5 Å². The Balaban J connectivity index is 1.36. The van der Waals surface area contributed by atoms with E-state index in [0.29, 0.717) is 6.54 Å². The third-order valence-electron chi connectivity index (χ3n) is 5.87. The molecule has 0 aromatic heterocycles. The first-order chi connectivity index (χ1) is 15.2. The molecule has 5 nitrogen and oxygen atoms in total. The number of benzene rings is 3. The number of methoxy groups -OCH3 is 1. The van der Waals surface area contributed by atoms with Crippen molar-refractivity contribution < 1.29 is 14.4 Å². The van der Waals surface area contributed by atoms with E-state index in [1.54, 1.807) is 7.11 Å². The highest BCUT2D eigenvalue weighted by Gasteiger charge is 2.24. The van der Waals surface area contributed by atoms with Gasteiger partial charge in [-0.25, -0.2) is 0 Å². The fourth-order valence-electron chi connectivity index (χ4n) is 4.15. The molecule has 31 heavy (non-hydrogen) atoms. The lowest BCUT2D eigenvalue weighted by molar-refractivity contribution is -0.892. The molecule has 1 saturated heterocycles. The fourth-order valence-corrected chi connectivity index (χ4v) is 4.15. The molecule has 0 bridgehead atoms. The highest BCUT2D eigenvalue weighted by Crippen LogP contribution is 2.22. The van der Waals surface area contributed by atoms with Gasteiger partial charge in [-0.05, 0) is 23.3 Å². The van der Waals surface area contributed by atoms with Gasteiger partial charge in [0.25, 0.3) is 5.91 Å². The van der Waals surface area contributed by atoms with E-state index in [1.165, 1.54) is 10.6 Å². The lowest BCUT2D eigenvalue weighted by Gasteiger charge is -2.33. The third kappa shape index (κ3) is 5.44. The van der Waals surface area contributed by atoms with Crippen molar-refractivity contribution in [2.75, 3.05) is 44.7 Å². The summed E-state index contributed by atoms with van der Waals surface area (Å²) in [6, 6.07) is 28.4. The number of hydrogen-bond acceptors (Lipinski definition) is 3. The van der Waals surface area contributed by atoms with Crippen molar-refractivity contribution in [2.24, 2.45) is 0 Å². The lowest BCUT2D eigenvalue weighted by atomic mass is 9.99. The third-order valence-corrected chi connectivity index (χ3v) is 5.87. The largest absolute Gasteiger partial charge is 0.497 e. The second-order valence-corrected chi connectivity index (χ2v) is 7.94. The molecule has 4 rings (SSSR count). The first-order valence-corrected chi connectivity index (χ1v) is 10.8. The molecule has 1 aliphatic heterocycles. The number of nitrogens with zero attached hydrogens (tertiary/aromatic N) is 1. The van der Waals surface area contributed by atoms with E-state index in [-0.39, 0.29) is 11.9 Å². The van der Waals surface area contributed by atoms with Gasteiger partial charge >= 0.3 is 0 Å². The molecule has 0 radical (unpaired) electrons. The molecule has 0 unspecified atom stereocenters. The zero-order valence-electron chi connectivity index (χ0n) is 18.0. The minimum absolute atomic E-state index is 0.0857. The quantitative estimate of drug-likeness (QED) is 0.621. The van der Waals surface area contributed by atoms with Gasteiger partial charge in [0.2, 0.25) is 0 Å². The van der Waals surface area contributed by atoms with Crippen LogP contribution in [-0.2, 0) is 4.79 Å². The summed E-state index contributed by atoms with van der Waals surface area (Å²) in [6.07, 6.45) is 0. The van der Waals surface area contributed by atoms with Crippen LogP contribution in [0.3, 0.4) is 0 Å². The van der Waals surface area contributed by atoms with Crippen molar-refractivity contribution in [1.29, 1.82) is 0 Å². The Bertz CT molecular complexity index is 931. The summed E-state index contributed by atoms with van der Waals surface area (Å²) in [5.41, 5.74) is 3.37. The molecule has 0 atom stereocenters. The summed E-state index contributed by atoms with van der Waals surface area (Å²) in [5.74, 6) is 0.960. The average molecular weight is 417 g/mol. The standard InChI is InChI=1S/C26H29N3O2/c1-31-24-14-8-13-23(19-24)29-17-15-28(16-18-29)20-25(30)27-26(21-9-4-2-5-10-21)22-11-6-3-7-12-22/h2-14,19,26H,15-18,20H2,1H3,(H,27,30)/p+1. The van der Waals surface area contributed by atoms with Crippen LogP contribution in [0, 0.1) is 0 Å². The van der Waals surface area contributed by atoms with Crippen molar-refractivity contribution >= 4 is 11.6 Å². The Morgan fingerprint density at radius 1 is 0.935 bits per heavy atom. The number of amides is 1. The molecular formula is C26H30N3O2+. The highest BCUT2D eigenvalue weighted by atomic mass is 16.5. The van der Waals surface area contributed by atoms with Crippen LogP contribution in [0.2, 0.25) is 0 Å². The zero-order chi connectivity index (χ0) is 21.5. The van der Waals surface area contributed by atoms with Gasteiger partial charge in [-0.15, -0.1) is 0 Å². The van der Waals surface area contributed by atoms with Gasteiger partial charge in [0.15, 0.2) is 6.54 Å².